The van der Waals surface area contributed by atoms with Crippen molar-refractivity contribution in [2.45, 2.75) is 19.3 Å². The van der Waals surface area contributed by atoms with Crippen LogP contribution in [0.2, 0.25) is 0 Å². The van der Waals surface area contributed by atoms with Crippen molar-refractivity contribution in [3.05, 3.63) is 181 Å². The Morgan fingerprint density at radius 3 is 2.00 bits per heavy atom. The lowest BCUT2D eigenvalue weighted by Crippen LogP contribution is -2.30. The van der Waals surface area contributed by atoms with Crippen LogP contribution in [0, 0.1) is 0 Å². The molecule has 2 nitrogen and oxygen atoms in total. The molecule has 11 rings (SSSR count). The quantitative estimate of drug-likeness (QED) is 0.180. The van der Waals surface area contributed by atoms with Gasteiger partial charge in [0, 0.05) is 47.4 Å². The minimum atomic E-state index is -0.187. The fourth-order valence-corrected chi connectivity index (χ4v) is 9.92. The normalized spacial score (nSPS) is 13.7. The largest absolute Gasteiger partial charge is 0.309 e. The molecule has 0 saturated heterocycles. The summed E-state index contributed by atoms with van der Waals surface area (Å²) in [5, 5.41) is 7.67. The molecule has 0 spiro atoms. The number of aromatic nitrogens is 1. The van der Waals surface area contributed by atoms with Gasteiger partial charge in [-0.05, 0) is 94.4 Å². The van der Waals surface area contributed by atoms with E-state index < -0.39 is 0 Å². The molecular formula is C49H34N2S. The Hall–Kier alpha value is -6.16. The van der Waals surface area contributed by atoms with Crippen molar-refractivity contribution in [1.82, 2.24) is 4.57 Å². The van der Waals surface area contributed by atoms with E-state index in [4.69, 9.17) is 0 Å². The minimum Gasteiger partial charge on any atom is -0.309 e. The third kappa shape index (κ3) is 4.17. The van der Waals surface area contributed by atoms with Crippen LogP contribution in [0.15, 0.2) is 170 Å². The molecule has 0 atom stereocenters. The van der Waals surface area contributed by atoms with Gasteiger partial charge in [0.25, 0.3) is 0 Å². The minimum absolute atomic E-state index is 0.187. The predicted octanol–water partition coefficient (Wildman–Crippen LogP) is 14.1. The second-order valence-corrected chi connectivity index (χ2v) is 15.7. The molecule has 0 saturated carbocycles. The van der Waals surface area contributed by atoms with E-state index in [-0.39, 0.29) is 5.41 Å². The van der Waals surface area contributed by atoms with Crippen LogP contribution in [-0.2, 0) is 5.41 Å². The van der Waals surface area contributed by atoms with Crippen molar-refractivity contribution in [2.24, 2.45) is 0 Å². The molecule has 2 aromatic heterocycles. The molecule has 246 valence electrons. The number of hydrogen-bond donors (Lipinski definition) is 0. The summed E-state index contributed by atoms with van der Waals surface area (Å²) in [6.07, 6.45) is 0. The van der Waals surface area contributed by atoms with E-state index in [0.29, 0.717) is 0 Å². The van der Waals surface area contributed by atoms with E-state index in [2.05, 4.69) is 193 Å². The molecule has 0 unspecified atom stereocenters. The maximum atomic E-state index is 2.48. The van der Waals surface area contributed by atoms with Crippen LogP contribution < -0.4 is 4.90 Å². The standard InChI is InChI=1S/C49H34N2S/c1-49(2)40-17-7-9-19-45(40)51(42-20-11-13-31-12-3-4-14-35(31)42)46-26-23-33(29-41(46)49)32-22-25-44-38(28-32)36-15-5-8-18-43(36)50(44)34-24-27-48-39(30-34)37-16-6-10-21-47(37)52-48/h3-30H,1-2H3. The Labute approximate surface area is 306 Å². The Kier molecular flexibility index (Phi) is 6.21. The summed E-state index contributed by atoms with van der Waals surface area (Å²) < 4.78 is 5.10. The monoisotopic (exact) mass is 682 g/mol. The Morgan fingerprint density at radius 2 is 1.08 bits per heavy atom. The molecule has 0 bridgehead atoms. The number of thiophene rings is 1. The average Bonchev–Trinajstić information content (AvgIpc) is 3.73. The van der Waals surface area contributed by atoms with Crippen molar-refractivity contribution in [2.75, 3.05) is 4.90 Å². The number of fused-ring (bicyclic) bond motifs is 9. The Balaban J connectivity index is 1.09. The highest BCUT2D eigenvalue weighted by Gasteiger charge is 2.37. The highest BCUT2D eigenvalue weighted by Crippen LogP contribution is 2.53. The zero-order valence-corrected chi connectivity index (χ0v) is 29.8. The molecule has 0 radical (unpaired) electrons. The number of para-hydroxylation sites is 2. The topological polar surface area (TPSA) is 8.17 Å². The Morgan fingerprint density at radius 1 is 0.423 bits per heavy atom. The number of rotatable bonds is 3. The summed E-state index contributed by atoms with van der Waals surface area (Å²) in [4.78, 5) is 2.48. The van der Waals surface area contributed by atoms with Gasteiger partial charge in [-0.2, -0.15) is 0 Å². The van der Waals surface area contributed by atoms with Gasteiger partial charge in [-0.25, -0.2) is 0 Å². The summed E-state index contributed by atoms with van der Waals surface area (Å²) in [5.74, 6) is 0. The second kappa shape index (κ2) is 10.9. The van der Waals surface area contributed by atoms with Gasteiger partial charge >= 0.3 is 0 Å². The van der Waals surface area contributed by atoms with E-state index in [9.17, 15) is 0 Å². The molecule has 0 fully saturated rings. The first-order valence-electron chi connectivity index (χ1n) is 18.0. The summed E-state index contributed by atoms with van der Waals surface area (Å²) in [6, 6.07) is 63.0. The summed E-state index contributed by atoms with van der Waals surface area (Å²) in [5.41, 5.74) is 12.3. The van der Waals surface area contributed by atoms with E-state index in [1.807, 2.05) is 11.3 Å². The predicted molar refractivity (Wildman–Crippen MR) is 223 cm³/mol. The fourth-order valence-electron chi connectivity index (χ4n) is 8.83. The average molecular weight is 683 g/mol. The van der Waals surface area contributed by atoms with Gasteiger partial charge in [-0.3, -0.25) is 0 Å². The van der Waals surface area contributed by atoms with Gasteiger partial charge < -0.3 is 9.47 Å². The van der Waals surface area contributed by atoms with Gasteiger partial charge in [0.2, 0.25) is 0 Å². The van der Waals surface area contributed by atoms with Gasteiger partial charge in [0.05, 0.1) is 28.1 Å². The number of anilines is 3. The summed E-state index contributed by atoms with van der Waals surface area (Å²) >= 11 is 1.87. The SMILES string of the molecule is CC1(C)c2ccccc2N(c2cccc3ccccc23)c2ccc(-c3ccc4c(c3)c3ccccc3n4-c3ccc4sc5ccccc5c4c3)cc21. The lowest BCUT2D eigenvalue weighted by molar-refractivity contribution is 0.632. The molecule has 0 N–H and O–H groups in total. The van der Waals surface area contributed by atoms with Gasteiger partial charge in [-0.15, -0.1) is 11.3 Å². The molecule has 3 heteroatoms. The zero-order chi connectivity index (χ0) is 34.6. The molecule has 52 heavy (non-hydrogen) atoms. The third-order valence-corrected chi connectivity index (χ3v) is 12.5. The van der Waals surface area contributed by atoms with Crippen LogP contribution in [-0.4, -0.2) is 4.57 Å². The highest BCUT2D eigenvalue weighted by molar-refractivity contribution is 7.25. The molecule has 8 aromatic carbocycles. The van der Waals surface area contributed by atoms with Crippen molar-refractivity contribution in [3.8, 4) is 16.8 Å². The van der Waals surface area contributed by atoms with Gasteiger partial charge in [0.15, 0.2) is 0 Å². The van der Waals surface area contributed by atoms with Crippen molar-refractivity contribution >= 4 is 81.1 Å². The molecule has 3 heterocycles. The van der Waals surface area contributed by atoms with Crippen molar-refractivity contribution in [1.29, 1.82) is 0 Å². The highest BCUT2D eigenvalue weighted by atomic mass is 32.1. The number of benzene rings is 8. The molecule has 0 amide bonds. The van der Waals surface area contributed by atoms with Crippen LogP contribution in [0.3, 0.4) is 0 Å². The van der Waals surface area contributed by atoms with Crippen LogP contribution in [0.1, 0.15) is 25.0 Å². The van der Waals surface area contributed by atoms with E-state index in [1.165, 1.54) is 97.8 Å². The first kappa shape index (κ1) is 29.6. The van der Waals surface area contributed by atoms with E-state index >= 15 is 0 Å². The Bertz CT molecular complexity index is 3060. The maximum absolute atomic E-state index is 2.48. The summed E-state index contributed by atoms with van der Waals surface area (Å²) in [6.45, 7) is 4.75. The molecule has 1 aliphatic heterocycles. The number of nitrogens with zero attached hydrogens (tertiary/aromatic N) is 2. The van der Waals surface area contributed by atoms with Gasteiger partial charge in [-0.1, -0.05) is 117 Å². The van der Waals surface area contributed by atoms with Crippen LogP contribution in [0.5, 0.6) is 0 Å². The summed E-state index contributed by atoms with van der Waals surface area (Å²) in [7, 11) is 0. The van der Waals surface area contributed by atoms with Crippen molar-refractivity contribution < 1.29 is 0 Å². The first-order valence-corrected chi connectivity index (χ1v) is 18.8. The molecule has 1 aliphatic rings. The number of hydrogen-bond acceptors (Lipinski definition) is 2. The molecule has 10 aromatic rings. The third-order valence-electron chi connectivity index (χ3n) is 11.4. The van der Waals surface area contributed by atoms with Crippen LogP contribution >= 0.6 is 11.3 Å². The second-order valence-electron chi connectivity index (χ2n) is 14.6. The lowest BCUT2D eigenvalue weighted by atomic mass is 9.73. The van der Waals surface area contributed by atoms with E-state index in [1.54, 1.807) is 0 Å². The fraction of sp³-hybridized carbons (Fsp3) is 0.0612. The molecule has 0 aliphatic carbocycles. The van der Waals surface area contributed by atoms with Gasteiger partial charge in [0.1, 0.15) is 0 Å². The molecular weight excluding hydrogens is 649 g/mol. The lowest BCUT2D eigenvalue weighted by Gasteiger charge is -2.42. The van der Waals surface area contributed by atoms with Crippen LogP contribution in [0.4, 0.5) is 17.1 Å². The zero-order valence-electron chi connectivity index (χ0n) is 29.0. The smallest absolute Gasteiger partial charge is 0.0541 e. The van der Waals surface area contributed by atoms with E-state index in [0.717, 1.165) is 0 Å². The van der Waals surface area contributed by atoms with Crippen LogP contribution in [0.25, 0.3) is 69.6 Å². The maximum Gasteiger partial charge on any atom is 0.0541 e. The first-order chi connectivity index (χ1) is 25.5. The van der Waals surface area contributed by atoms with Crippen molar-refractivity contribution in [3.63, 3.8) is 0 Å².